The third-order valence-corrected chi connectivity index (χ3v) is 7.09. The van der Waals surface area contributed by atoms with Crippen molar-refractivity contribution in [2.75, 3.05) is 51.9 Å². The number of methoxy groups -OCH3 is 1. The van der Waals surface area contributed by atoms with Crippen molar-refractivity contribution in [2.45, 2.75) is 38.0 Å². The zero-order valence-corrected chi connectivity index (χ0v) is 18.1. The average molecular weight is 427 g/mol. The minimum Gasteiger partial charge on any atom is -0.494 e. The molecule has 0 unspecified atom stereocenters. The molecule has 1 spiro atoms. The molecule has 5 rings (SSSR count). The molecule has 0 saturated carbocycles. The molecule has 3 aliphatic rings. The maximum Gasteiger partial charge on any atom is 0.323 e. The lowest BCUT2D eigenvalue weighted by Gasteiger charge is -2.33. The minimum absolute atomic E-state index is 0.114. The number of nitrogens with zero attached hydrogens (tertiary/aromatic N) is 3. The highest BCUT2D eigenvalue weighted by molar-refractivity contribution is 5.91. The van der Waals surface area contributed by atoms with Crippen molar-refractivity contribution in [1.82, 2.24) is 14.9 Å². The summed E-state index contributed by atoms with van der Waals surface area (Å²) in [4.78, 5) is 24.2. The van der Waals surface area contributed by atoms with Gasteiger partial charge in [0.15, 0.2) is 5.82 Å². The molecule has 8 nitrogen and oxygen atoms in total. The van der Waals surface area contributed by atoms with Crippen LogP contribution in [0.4, 0.5) is 10.6 Å². The van der Waals surface area contributed by atoms with Crippen LogP contribution in [0.3, 0.4) is 0 Å². The molecule has 2 amide bonds. The SMILES string of the molecule is COc1ccc(C2CCOCC2)c2ncc(NC(=O)N3CCC4(CCOCC4)C3)nc12. The van der Waals surface area contributed by atoms with Crippen LogP contribution in [0.5, 0.6) is 5.75 Å². The number of rotatable bonds is 3. The summed E-state index contributed by atoms with van der Waals surface area (Å²) in [7, 11) is 1.63. The lowest BCUT2D eigenvalue weighted by molar-refractivity contribution is 0.0211. The maximum atomic E-state index is 12.9. The van der Waals surface area contributed by atoms with E-state index in [2.05, 4.69) is 11.4 Å². The average Bonchev–Trinajstić information content (AvgIpc) is 3.22. The molecule has 3 fully saturated rings. The minimum atomic E-state index is -0.114. The van der Waals surface area contributed by atoms with Crippen molar-refractivity contribution < 1.29 is 19.0 Å². The summed E-state index contributed by atoms with van der Waals surface area (Å²) in [6, 6.07) is 3.92. The first-order chi connectivity index (χ1) is 15.2. The van der Waals surface area contributed by atoms with Gasteiger partial charge in [-0.05, 0) is 55.1 Å². The number of carbonyl (C=O) groups excluding carboxylic acids is 1. The van der Waals surface area contributed by atoms with Gasteiger partial charge < -0.3 is 19.1 Å². The van der Waals surface area contributed by atoms with E-state index in [1.54, 1.807) is 13.3 Å². The number of aromatic nitrogens is 2. The highest BCUT2D eigenvalue weighted by Gasteiger charge is 2.41. The van der Waals surface area contributed by atoms with Crippen molar-refractivity contribution in [1.29, 1.82) is 0 Å². The fourth-order valence-corrected chi connectivity index (χ4v) is 5.17. The van der Waals surface area contributed by atoms with Gasteiger partial charge in [0.05, 0.1) is 18.8 Å². The second-order valence-corrected chi connectivity index (χ2v) is 8.91. The lowest BCUT2D eigenvalue weighted by Crippen LogP contribution is -2.37. The summed E-state index contributed by atoms with van der Waals surface area (Å²) < 4.78 is 16.6. The lowest BCUT2D eigenvalue weighted by atomic mass is 9.80. The second-order valence-electron chi connectivity index (χ2n) is 8.91. The van der Waals surface area contributed by atoms with Crippen molar-refractivity contribution in [3.05, 3.63) is 23.9 Å². The highest BCUT2D eigenvalue weighted by Crippen LogP contribution is 2.40. The van der Waals surface area contributed by atoms with E-state index in [1.807, 2.05) is 11.0 Å². The maximum absolute atomic E-state index is 12.9. The molecule has 3 aliphatic heterocycles. The van der Waals surface area contributed by atoms with Crippen molar-refractivity contribution in [2.24, 2.45) is 5.41 Å². The normalized spacial score (nSPS) is 21.5. The number of likely N-dealkylation sites (tertiary alicyclic amines) is 1. The Morgan fingerprint density at radius 1 is 1.13 bits per heavy atom. The van der Waals surface area contributed by atoms with E-state index < -0.39 is 0 Å². The van der Waals surface area contributed by atoms with Crippen LogP contribution < -0.4 is 10.1 Å². The van der Waals surface area contributed by atoms with E-state index in [4.69, 9.17) is 24.2 Å². The summed E-state index contributed by atoms with van der Waals surface area (Å²) in [6.07, 6.45) is 6.70. The Balaban J connectivity index is 1.36. The number of nitrogens with one attached hydrogen (secondary N) is 1. The molecule has 1 aromatic carbocycles. The fourth-order valence-electron chi connectivity index (χ4n) is 5.17. The van der Waals surface area contributed by atoms with Crippen molar-refractivity contribution in [3.8, 4) is 5.75 Å². The third kappa shape index (κ3) is 4.06. The summed E-state index contributed by atoms with van der Waals surface area (Å²) >= 11 is 0. The Labute approximate surface area is 182 Å². The van der Waals surface area contributed by atoms with Crippen LogP contribution in [-0.2, 0) is 9.47 Å². The fraction of sp³-hybridized carbons (Fsp3) is 0.609. The number of carbonyl (C=O) groups is 1. The van der Waals surface area contributed by atoms with E-state index in [-0.39, 0.29) is 11.4 Å². The molecule has 166 valence electrons. The summed E-state index contributed by atoms with van der Waals surface area (Å²) in [6.45, 7) is 4.67. The highest BCUT2D eigenvalue weighted by atomic mass is 16.5. The first kappa shape index (κ1) is 20.5. The predicted molar refractivity (Wildman–Crippen MR) is 117 cm³/mol. The number of urea groups is 1. The second kappa shape index (κ2) is 8.59. The molecular weight excluding hydrogens is 396 g/mol. The molecule has 3 saturated heterocycles. The monoisotopic (exact) mass is 426 g/mol. The molecule has 1 aromatic heterocycles. The van der Waals surface area contributed by atoms with Gasteiger partial charge in [-0.25, -0.2) is 9.78 Å². The zero-order valence-electron chi connectivity index (χ0n) is 18.1. The number of benzene rings is 1. The number of fused-ring (bicyclic) bond motifs is 1. The molecule has 31 heavy (non-hydrogen) atoms. The van der Waals surface area contributed by atoms with Gasteiger partial charge in [0, 0.05) is 39.5 Å². The summed E-state index contributed by atoms with van der Waals surface area (Å²) in [5, 5.41) is 2.95. The number of anilines is 1. The van der Waals surface area contributed by atoms with Crippen LogP contribution in [-0.4, -0.2) is 67.5 Å². The molecule has 0 atom stereocenters. The van der Waals surface area contributed by atoms with Crippen molar-refractivity contribution >= 4 is 22.9 Å². The van der Waals surface area contributed by atoms with Crippen LogP contribution in [0.1, 0.15) is 43.6 Å². The quantitative estimate of drug-likeness (QED) is 0.808. The molecule has 0 bridgehead atoms. The van der Waals surface area contributed by atoms with Gasteiger partial charge in [0.2, 0.25) is 0 Å². The zero-order chi connectivity index (χ0) is 21.3. The van der Waals surface area contributed by atoms with E-state index in [9.17, 15) is 4.79 Å². The molecule has 2 aromatic rings. The van der Waals surface area contributed by atoms with Gasteiger partial charge in [-0.15, -0.1) is 0 Å². The Kier molecular flexibility index (Phi) is 5.67. The molecule has 1 N–H and O–H groups in total. The number of hydrogen-bond acceptors (Lipinski definition) is 6. The smallest absolute Gasteiger partial charge is 0.323 e. The predicted octanol–water partition coefficient (Wildman–Crippen LogP) is 3.57. The molecule has 8 heteroatoms. The van der Waals surface area contributed by atoms with Gasteiger partial charge in [-0.3, -0.25) is 10.3 Å². The number of amides is 2. The van der Waals surface area contributed by atoms with Crippen LogP contribution in [0, 0.1) is 5.41 Å². The van der Waals surface area contributed by atoms with Crippen LogP contribution in [0.25, 0.3) is 11.0 Å². The van der Waals surface area contributed by atoms with E-state index in [1.165, 1.54) is 5.56 Å². The van der Waals surface area contributed by atoms with Gasteiger partial charge in [-0.2, -0.15) is 0 Å². The van der Waals surface area contributed by atoms with Crippen molar-refractivity contribution in [3.63, 3.8) is 0 Å². The van der Waals surface area contributed by atoms with E-state index >= 15 is 0 Å². The summed E-state index contributed by atoms with van der Waals surface area (Å²) in [5.41, 5.74) is 2.91. The standard InChI is InChI=1S/C23H30N4O4/c1-29-18-3-2-17(16-4-10-30-11-5-16)20-21(18)25-19(14-24-20)26-22(28)27-9-6-23(15-27)7-12-31-13-8-23/h2-3,14,16H,4-13,15H2,1H3,(H,25,26,28). The Bertz CT molecular complexity index is 954. The largest absolute Gasteiger partial charge is 0.494 e. The van der Waals surface area contributed by atoms with E-state index in [0.717, 1.165) is 77.1 Å². The molecule has 0 radical (unpaired) electrons. The molecule has 0 aliphatic carbocycles. The first-order valence-corrected chi connectivity index (χ1v) is 11.2. The Hall–Kier alpha value is -2.45. The Morgan fingerprint density at radius 3 is 2.68 bits per heavy atom. The summed E-state index contributed by atoms with van der Waals surface area (Å²) in [5.74, 6) is 1.52. The molecular formula is C23H30N4O4. The van der Waals surface area contributed by atoms with Gasteiger partial charge in [-0.1, -0.05) is 6.07 Å². The Morgan fingerprint density at radius 2 is 1.90 bits per heavy atom. The number of hydrogen-bond donors (Lipinski definition) is 1. The van der Waals surface area contributed by atoms with Gasteiger partial charge in [0.1, 0.15) is 11.3 Å². The third-order valence-electron chi connectivity index (χ3n) is 7.09. The number of ether oxygens (including phenoxy) is 3. The first-order valence-electron chi connectivity index (χ1n) is 11.2. The van der Waals surface area contributed by atoms with Gasteiger partial charge in [0.25, 0.3) is 0 Å². The van der Waals surface area contributed by atoms with E-state index in [0.29, 0.717) is 23.0 Å². The van der Waals surface area contributed by atoms with Crippen LogP contribution in [0.15, 0.2) is 18.3 Å². The van der Waals surface area contributed by atoms with Crippen LogP contribution >= 0.6 is 0 Å². The van der Waals surface area contributed by atoms with Crippen LogP contribution in [0.2, 0.25) is 0 Å². The van der Waals surface area contributed by atoms with Gasteiger partial charge >= 0.3 is 6.03 Å². The molecule has 4 heterocycles. The topological polar surface area (TPSA) is 85.8 Å².